The van der Waals surface area contributed by atoms with Gasteiger partial charge in [0, 0.05) is 4.90 Å². The third-order valence-corrected chi connectivity index (χ3v) is 4.11. The van der Waals surface area contributed by atoms with E-state index in [1.807, 2.05) is 24.3 Å². The molecule has 2 aromatic rings. The van der Waals surface area contributed by atoms with E-state index >= 15 is 0 Å². The maximum atomic E-state index is 5.69. The highest BCUT2D eigenvalue weighted by Gasteiger charge is 2.07. The van der Waals surface area contributed by atoms with Gasteiger partial charge in [0.1, 0.15) is 22.9 Å². The Hall–Kier alpha value is -1.27. The van der Waals surface area contributed by atoms with E-state index in [2.05, 4.69) is 25.9 Å². The number of benzene rings is 1. The summed E-state index contributed by atoms with van der Waals surface area (Å²) in [6, 6.07) is 7.74. The summed E-state index contributed by atoms with van der Waals surface area (Å²) < 4.78 is 5.82. The van der Waals surface area contributed by atoms with Crippen LogP contribution in [0.25, 0.3) is 0 Å². The number of nitrogen functional groups attached to an aromatic ring is 1. The molecule has 2 rings (SSSR count). The van der Waals surface area contributed by atoms with Crippen molar-refractivity contribution in [2.75, 3.05) is 12.8 Å². The molecule has 1 aromatic carbocycles. The van der Waals surface area contributed by atoms with Gasteiger partial charge in [-0.2, -0.15) is 0 Å². The first-order valence-electron chi connectivity index (χ1n) is 4.78. The van der Waals surface area contributed by atoms with E-state index in [1.165, 1.54) is 18.1 Å². The quantitative estimate of drug-likeness (QED) is 0.883. The number of rotatable bonds is 3. The van der Waals surface area contributed by atoms with Gasteiger partial charge < -0.3 is 10.5 Å². The van der Waals surface area contributed by atoms with Crippen molar-refractivity contribution in [2.24, 2.45) is 0 Å². The predicted octanol–water partition coefficient (Wildman–Crippen LogP) is 2.98. The van der Waals surface area contributed by atoms with Crippen molar-refractivity contribution < 1.29 is 4.74 Å². The van der Waals surface area contributed by atoms with E-state index in [-0.39, 0.29) is 0 Å². The molecule has 0 atom stereocenters. The molecule has 1 aromatic heterocycles. The molecule has 17 heavy (non-hydrogen) atoms. The molecular weight excluding hydrogens is 302 g/mol. The van der Waals surface area contributed by atoms with Gasteiger partial charge in [0.05, 0.1) is 11.6 Å². The highest BCUT2D eigenvalue weighted by atomic mass is 79.9. The Labute approximate surface area is 112 Å². The smallest absolute Gasteiger partial charge is 0.142 e. The number of nitrogens with two attached hydrogens (primary N) is 1. The van der Waals surface area contributed by atoms with Crippen molar-refractivity contribution in [2.45, 2.75) is 9.92 Å². The Morgan fingerprint density at radius 3 is 2.59 bits per heavy atom. The first-order valence-corrected chi connectivity index (χ1v) is 6.39. The van der Waals surface area contributed by atoms with Gasteiger partial charge in [0.15, 0.2) is 0 Å². The van der Waals surface area contributed by atoms with Crippen LogP contribution in [0.5, 0.6) is 5.75 Å². The van der Waals surface area contributed by atoms with Crippen LogP contribution in [0.1, 0.15) is 0 Å². The lowest BCUT2D eigenvalue weighted by molar-refractivity contribution is 0.414. The lowest BCUT2D eigenvalue weighted by Crippen LogP contribution is -1.94. The topological polar surface area (TPSA) is 61.0 Å². The Bertz CT molecular complexity index is 519. The van der Waals surface area contributed by atoms with E-state index in [4.69, 9.17) is 10.5 Å². The summed E-state index contributed by atoms with van der Waals surface area (Å²) in [5, 5.41) is 0.794. The molecule has 0 bridgehead atoms. The molecule has 0 fully saturated rings. The zero-order chi connectivity index (χ0) is 12.3. The summed E-state index contributed by atoms with van der Waals surface area (Å²) in [5.74, 6) is 1.27. The average Bonchev–Trinajstić information content (AvgIpc) is 2.36. The molecule has 0 aliphatic heterocycles. The molecule has 1 heterocycles. The summed E-state index contributed by atoms with van der Waals surface area (Å²) >= 11 is 4.88. The molecule has 0 saturated heterocycles. The highest BCUT2D eigenvalue weighted by Crippen LogP contribution is 2.34. The molecule has 0 unspecified atom stereocenters. The third-order valence-electron chi connectivity index (χ3n) is 2.06. The van der Waals surface area contributed by atoms with Gasteiger partial charge in [-0.15, -0.1) is 0 Å². The Morgan fingerprint density at radius 2 is 1.94 bits per heavy atom. The molecule has 88 valence electrons. The zero-order valence-electron chi connectivity index (χ0n) is 9.05. The maximum absolute atomic E-state index is 5.69. The Balaban J connectivity index is 2.22. The first-order chi connectivity index (χ1) is 8.20. The molecule has 0 spiro atoms. The third kappa shape index (κ3) is 2.89. The molecular formula is C11H10BrN3OS. The van der Waals surface area contributed by atoms with Crippen molar-refractivity contribution in [3.63, 3.8) is 0 Å². The van der Waals surface area contributed by atoms with E-state index in [0.29, 0.717) is 5.82 Å². The van der Waals surface area contributed by atoms with Crippen molar-refractivity contribution in [1.82, 2.24) is 9.97 Å². The van der Waals surface area contributed by atoms with Crippen LogP contribution in [0.4, 0.5) is 5.82 Å². The largest absolute Gasteiger partial charge is 0.497 e. The van der Waals surface area contributed by atoms with Crippen LogP contribution in [0.3, 0.4) is 0 Å². The second kappa shape index (κ2) is 5.37. The average molecular weight is 312 g/mol. The predicted molar refractivity (Wildman–Crippen MR) is 71.3 cm³/mol. The molecule has 4 nitrogen and oxygen atoms in total. The monoisotopic (exact) mass is 311 g/mol. The summed E-state index contributed by atoms with van der Waals surface area (Å²) in [6.45, 7) is 0. The number of anilines is 1. The first kappa shape index (κ1) is 12.2. The van der Waals surface area contributed by atoms with Gasteiger partial charge in [-0.25, -0.2) is 9.97 Å². The molecule has 0 saturated carbocycles. The van der Waals surface area contributed by atoms with Gasteiger partial charge in [0.2, 0.25) is 0 Å². The minimum Gasteiger partial charge on any atom is -0.497 e. The number of hydrogen-bond donors (Lipinski definition) is 1. The number of halogens is 1. The van der Waals surface area contributed by atoms with Crippen molar-refractivity contribution >= 4 is 33.5 Å². The minimum atomic E-state index is 0.441. The number of methoxy groups -OCH3 is 1. The molecule has 0 aliphatic carbocycles. The number of ether oxygens (including phenoxy) is 1. The van der Waals surface area contributed by atoms with Crippen LogP contribution in [0.15, 0.2) is 45.0 Å². The van der Waals surface area contributed by atoms with Crippen LogP contribution in [-0.4, -0.2) is 17.1 Å². The summed E-state index contributed by atoms with van der Waals surface area (Å²) in [7, 11) is 1.64. The fourth-order valence-electron chi connectivity index (χ4n) is 1.19. The SMILES string of the molecule is COc1ccc(Sc2ncnc(N)c2Br)cc1. The fraction of sp³-hybridized carbons (Fsp3) is 0.0909. The van der Waals surface area contributed by atoms with Crippen molar-refractivity contribution in [1.29, 1.82) is 0 Å². The van der Waals surface area contributed by atoms with E-state index in [1.54, 1.807) is 7.11 Å². The standard InChI is InChI=1S/C11H10BrN3OS/c1-16-7-2-4-8(5-3-7)17-11-9(12)10(13)14-6-15-11/h2-6H,1H3,(H2,13,14,15). The second-order valence-electron chi connectivity index (χ2n) is 3.16. The fourth-order valence-corrected chi connectivity index (χ4v) is 2.43. The maximum Gasteiger partial charge on any atom is 0.142 e. The van der Waals surface area contributed by atoms with Gasteiger partial charge in [-0.3, -0.25) is 0 Å². The van der Waals surface area contributed by atoms with Gasteiger partial charge in [0.25, 0.3) is 0 Å². The van der Waals surface area contributed by atoms with Crippen molar-refractivity contribution in [3.05, 3.63) is 35.1 Å². The number of hydrogen-bond acceptors (Lipinski definition) is 5. The normalized spacial score (nSPS) is 10.2. The molecule has 0 radical (unpaired) electrons. The van der Waals surface area contributed by atoms with Gasteiger partial charge >= 0.3 is 0 Å². The zero-order valence-corrected chi connectivity index (χ0v) is 11.5. The summed E-state index contributed by atoms with van der Waals surface area (Å²) in [4.78, 5) is 9.13. The molecule has 6 heteroatoms. The van der Waals surface area contributed by atoms with Crippen molar-refractivity contribution in [3.8, 4) is 5.75 Å². The lowest BCUT2D eigenvalue weighted by Gasteiger charge is -2.05. The second-order valence-corrected chi connectivity index (χ2v) is 5.01. The van der Waals surface area contributed by atoms with E-state index in [9.17, 15) is 0 Å². The van der Waals surface area contributed by atoms with Gasteiger partial charge in [-0.05, 0) is 40.2 Å². The lowest BCUT2D eigenvalue weighted by atomic mass is 10.3. The van der Waals surface area contributed by atoms with Crippen LogP contribution in [0.2, 0.25) is 0 Å². The summed E-state index contributed by atoms with van der Waals surface area (Å²) in [6.07, 6.45) is 1.45. The Morgan fingerprint density at radius 1 is 1.24 bits per heavy atom. The molecule has 0 amide bonds. The number of aromatic nitrogens is 2. The van der Waals surface area contributed by atoms with Crippen LogP contribution in [-0.2, 0) is 0 Å². The Kier molecular flexibility index (Phi) is 3.86. The van der Waals surface area contributed by atoms with E-state index in [0.717, 1.165) is 20.1 Å². The molecule has 2 N–H and O–H groups in total. The minimum absolute atomic E-state index is 0.441. The summed E-state index contributed by atoms with van der Waals surface area (Å²) in [5.41, 5.74) is 5.69. The molecule has 0 aliphatic rings. The van der Waals surface area contributed by atoms with Gasteiger partial charge in [-0.1, -0.05) is 11.8 Å². The number of nitrogens with zero attached hydrogens (tertiary/aromatic N) is 2. The van der Waals surface area contributed by atoms with E-state index < -0.39 is 0 Å². The van der Waals surface area contributed by atoms with Crippen LogP contribution < -0.4 is 10.5 Å². The van der Waals surface area contributed by atoms with Crippen LogP contribution >= 0.6 is 27.7 Å². The highest BCUT2D eigenvalue weighted by molar-refractivity contribution is 9.10. The van der Waals surface area contributed by atoms with Crippen LogP contribution in [0, 0.1) is 0 Å².